The van der Waals surface area contributed by atoms with E-state index in [1.807, 2.05) is 12.1 Å². The Morgan fingerprint density at radius 1 is 1.11 bits per heavy atom. The largest absolute Gasteiger partial charge is 0.507 e. The number of allylic oxidation sites excluding steroid dienone is 1. The van der Waals surface area contributed by atoms with Crippen LogP contribution in [0.25, 0.3) is 6.08 Å². The van der Waals surface area contributed by atoms with Crippen molar-refractivity contribution in [2.45, 2.75) is 6.54 Å². The molecule has 0 bridgehead atoms. The summed E-state index contributed by atoms with van der Waals surface area (Å²) in [6, 6.07) is 11.8. The number of hydrogen-bond donors (Lipinski definition) is 1. The van der Waals surface area contributed by atoms with Crippen molar-refractivity contribution in [2.24, 2.45) is 0 Å². The second-order valence-corrected chi connectivity index (χ2v) is 6.79. The van der Waals surface area contributed by atoms with E-state index in [1.54, 1.807) is 18.2 Å². The minimum atomic E-state index is -0.376. The maximum absolute atomic E-state index is 12.7. The fourth-order valence-electron chi connectivity index (χ4n) is 2.82. The van der Waals surface area contributed by atoms with Gasteiger partial charge in [0.2, 0.25) is 5.78 Å². The topological polar surface area (TPSA) is 97.3 Å². The number of halogens is 2. The number of aromatic hydroxyl groups is 1. The van der Waals surface area contributed by atoms with Crippen molar-refractivity contribution in [2.75, 3.05) is 13.1 Å². The number of nitriles is 2. The van der Waals surface area contributed by atoms with Gasteiger partial charge >= 0.3 is 0 Å². The molecule has 0 aromatic heterocycles. The molecular weight excluding hydrogens is 401 g/mol. The van der Waals surface area contributed by atoms with E-state index >= 15 is 0 Å². The van der Waals surface area contributed by atoms with Crippen molar-refractivity contribution in [3.8, 4) is 23.6 Å². The van der Waals surface area contributed by atoms with Crippen LogP contribution in [-0.4, -0.2) is 28.9 Å². The number of phenolic OH excluding ortho intramolecular Hbond substituents is 1. The lowest BCUT2D eigenvalue weighted by Crippen LogP contribution is -2.24. The average Bonchev–Trinajstić information content (AvgIpc) is 2.97. The lowest BCUT2D eigenvalue weighted by Gasteiger charge is -2.17. The number of hydrogen-bond acceptors (Lipinski definition) is 6. The van der Waals surface area contributed by atoms with Crippen molar-refractivity contribution >= 4 is 35.1 Å². The van der Waals surface area contributed by atoms with Crippen LogP contribution in [0.15, 0.2) is 36.1 Å². The molecule has 140 valence electrons. The third-order valence-electron chi connectivity index (χ3n) is 4.16. The highest BCUT2D eigenvalue weighted by atomic mass is 35.5. The zero-order chi connectivity index (χ0) is 20.3. The number of Topliss-reactive ketones (excluding diaryl/α,β-unsaturated/α-hetero) is 1. The van der Waals surface area contributed by atoms with Crippen molar-refractivity contribution in [3.05, 3.63) is 62.8 Å². The second kappa shape index (κ2) is 8.33. The van der Waals surface area contributed by atoms with Crippen LogP contribution in [0.1, 0.15) is 21.5 Å². The fraction of sp³-hybridized carbons (Fsp3) is 0.150. The third-order valence-corrected chi connectivity index (χ3v) is 4.82. The quantitative estimate of drug-likeness (QED) is 0.583. The van der Waals surface area contributed by atoms with E-state index in [-0.39, 0.29) is 48.2 Å². The molecule has 0 saturated heterocycles. The summed E-state index contributed by atoms with van der Waals surface area (Å²) in [5, 5.41) is 28.8. The van der Waals surface area contributed by atoms with Gasteiger partial charge in [0.15, 0.2) is 5.76 Å². The van der Waals surface area contributed by atoms with E-state index in [9.17, 15) is 9.90 Å². The predicted octanol–water partition coefficient (Wildman–Crippen LogP) is 4.16. The smallest absolute Gasteiger partial charge is 0.231 e. The molecule has 0 aliphatic carbocycles. The molecule has 0 spiro atoms. The van der Waals surface area contributed by atoms with Gasteiger partial charge in [-0.3, -0.25) is 9.69 Å². The number of benzene rings is 2. The zero-order valence-electron chi connectivity index (χ0n) is 14.4. The predicted molar refractivity (Wildman–Crippen MR) is 104 cm³/mol. The fourth-order valence-corrected chi connectivity index (χ4v) is 3.33. The Hall–Kier alpha value is -3.03. The van der Waals surface area contributed by atoms with Crippen molar-refractivity contribution in [1.29, 1.82) is 10.5 Å². The number of carbonyl (C=O) groups excluding carboxylic acids is 1. The summed E-state index contributed by atoms with van der Waals surface area (Å²) in [6.45, 7) is 0.0502. The number of fused-ring (bicyclic) bond motifs is 1. The van der Waals surface area contributed by atoms with Gasteiger partial charge in [-0.05, 0) is 30.3 Å². The first-order valence-electron chi connectivity index (χ1n) is 8.15. The summed E-state index contributed by atoms with van der Waals surface area (Å²) in [5.74, 6) is -0.256. The van der Waals surface area contributed by atoms with Crippen LogP contribution < -0.4 is 4.74 Å². The highest BCUT2D eigenvalue weighted by molar-refractivity contribution is 6.37. The Morgan fingerprint density at radius 2 is 1.75 bits per heavy atom. The first kappa shape index (κ1) is 19.7. The molecule has 0 unspecified atom stereocenters. The number of phenols is 1. The molecule has 28 heavy (non-hydrogen) atoms. The van der Waals surface area contributed by atoms with Crippen LogP contribution in [0.3, 0.4) is 0 Å². The van der Waals surface area contributed by atoms with Gasteiger partial charge < -0.3 is 9.84 Å². The summed E-state index contributed by atoms with van der Waals surface area (Å²) >= 11 is 12.3. The monoisotopic (exact) mass is 413 g/mol. The molecule has 1 aliphatic heterocycles. The van der Waals surface area contributed by atoms with E-state index in [4.69, 9.17) is 38.5 Å². The molecule has 3 rings (SSSR count). The number of rotatable bonds is 5. The Labute approximate surface area is 171 Å². The molecule has 0 atom stereocenters. The van der Waals surface area contributed by atoms with Crippen LogP contribution >= 0.6 is 23.2 Å². The number of ketones is 1. The lowest BCUT2D eigenvalue weighted by atomic mass is 10.0. The summed E-state index contributed by atoms with van der Waals surface area (Å²) in [5.41, 5.74) is 1.05. The summed E-state index contributed by atoms with van der Waals surface area (Å²) < 4.78 is 5.74. The van der Waals surface area contributed by atoms with Gasteiger partial charge in [-0.15, -0.1) is 0 Å². The molecular formula is C20H13Cl2N3O3. The van der Waals surface area contributed by atoms with Gasteiger partial charge in [-0.2, -0.15) is 10.5 Å². The highest BCUT2D eigenvalue weighted by Gasteiger charge is 2.32. The van der Waals surface area contributed by atoms with Crippen LogP contribution in [-0.2, 0) is 6.54 Å². The van der Waals surface area contributed by atoms with Gasteiger partial charge in [0.25, 0.3) is 0 Å². The van der Waals surface area contributed by atoms with Crippen molar-refractivity contribution < 1.29 is 14.6 Å². The van der Waals surface area contributed by atoms with E-state index in [0.717, 1.165) is 0 Å². The average molecular weight is 414 g/mol. The molecule has 1 aliphatic rings. The molecule has 1 N–H and O–H groups in total. The van der Waals surface area contributed by atoms with Crippen LogP contribution in [0.4, 0.5) is 0 Å². The van der Waals surface area contributed by atoms with Gasteiger partial charge in [-0.1, -0.05) is 29.3 Å². The number of carbonyl (C=O) groups is 1. The normalized spacial score (nSPS) is 13.9. The van der Waals surface area contributed by atoms with E-state index in [2.05, 4.69) is 0 Å². The number of ether oxygens (including phenoxy) is 1. The zero-order valence-corrected chi connectivity index (χ0v) is 16.0. The van der Waals surface area contributed by atoms with Crippen LogP contribution in [0.2, 0.25) is 10.0 Å². The Kier molecular flexibility index (Phi) is 5.87. The minimum absolute atomic E-state index is 0.0114. The summed E-state index contributed by atoms with van der Waals surface area (Å²) in [4.78, 5) is 14.3. The van der Waals surface area contributed by atoms with Crippen molar-refractivity contribution in [1.82, 2.24) is 4.90 Å². The maximum atomic E-state index is 12.7. The lowest BCUT2D eigenvalue weighted by molar-refractivity contribution is 0.101. The first-order valence-corrected chi connectivity index (χ1v) is 8.91. The second-order valence-electron chi connectivity index (χ2n) is 5.98. The molecule has 1 heterocycles. The molecule has 0 radical (unpaired) electrons. The van der Waals surface area contributed by atoms with Gasteiger partial charge in [0.05, 0.1) is 36.4 Å². The molecule has 6 nitrogen and oxygen atoms in total. The Bertz CT molecular complexity index is 1030. The maximum Gasteiger partial charge on any atom is 0.231 e. The SMILES string of the molecule is N#CCN(CC#N)Cc1c(O)ccc2c1OC(=Cc1c(Cl)cccc1Cl)C2=O. The molecule has 8 heteroatoms. The molecule has 0 fully saturated rings. The van der Waals surface area contributed by atoms with Gasteiger partial charge in [0.1, 0.15) is 11.5 Å². The van der Waals surface area contributed by atoms with E-state index in [0.29, 0.717) is 21.2 Å². The first-order chi connectivity index (χ1) is 13.5. The molecule has 2 aromatic carbocycles. The van der Waals surface area contributed by atoms with Crippen LogP contribution in [0.5, 0.6) is 11.5 Å². The Morgan fingerprint density at radius 3 is 2.36 bits per heavy atom. The molecule has 0 saturated carbocycles. The van der Waals surface area contributed by atoms with Crippen LogP contribution in [0, 0.1) is 22.7 Å². The Balaban J connectivity index is 2.01. The van der Waals surface area contributed by atoms with Gasteiger partial charge in [0, 0.05) is 22.2 Å². The third kappa shape index (κ3) is 3.81. The summed E-state index contributed by atoms with van der Waals surface area (Å²) in [7, 11) is 0. The standard InChI is InChI=1S/C20H13Cl2N3O3/c21-15-2-1-3-16(22)13(15)10-18-19(27)12-4-5-17(26)14(20(12)28-18)11-25(8-6-23)9-7-24/h1-5,10,26H,8-9,11H2. The molecule has 2 aromatic rings. The summed E-state index contributed by atoms with van der Waals surface area (Å²) in [6.07, 6.45) is 1.45. The van der Waals surface area contributed by atoms with Gasteiger partial charge in [-0.25, -0.2) is 0 Å². The highest BCUT2D eigenvalue weighted by Crippen LogP contribution is 2.40. The van der Waals surface area contributed by atoms with E-state index < -0.39 is 0 Å². The van der Waals surface area contributed by atoms with E-state index in [1.165, 1.54) is 23.1 Å². The number of nitrogens with zero attached hydrogens (tertiary/aromatic N) is 3. The van der Waals surface area contributed by atoms with Crippen molar-refractivity contribution in [3.63, 3.8) is 0 Å². The minimum Gasteiger partial charge on any atom is -0.507 e. The molecule has 0 amide bonds.